The molecule has 1 aliphatic rings. The third-order valence-electron chi connectivity index (χ3n) is 5.88. The second-order valence-electron chi connectivity index (χ2n) is 7.78. The largest absolute Gasteiger partial charge is 0.507 e. The van der Waals surface area contributed by atoms with Crippen LogP contribution < -0.4 is 19.1 Å². The number of rotatable bonds is 7. The first-order valence-corrected chi connectivity index (χ1v) is 10.7. The minimum atomic E-state index is -1.06. The van der Waals surface area contributed by atoms with Gasteiger partial charge in [-0.3, -0.25) is 24.6 Å². The molecule has 1 amide bonds. The summed E-state index contributed by atoms with van der Waals surface area (Å²) in [5.74, 6) is -0.861. The van der Waals surface area contributed by atoms with Crippen molar-refractivity contribution in [3.63, 3.8) is 0 Å². The van der Waals surface area contributed by atoms with Gasteiger partial charge in [-0.1, -0.05) is 0 Å². The van der Waals surface area contributed by atoms with Crippen molar-refractivity contribution in [2.24, 2.45) is 0 Å². The summed E-state index contributed by atoms with van der Waals surface area (Å²) in [7, 11) is 4.44. The predicted octanol–water partition coefficient (Wildman–Crippen LogP) is 4.25. The van der Waals surface area contributed by atoms with E-state index in [-0.39, 0.29) is 16.8 Å². The Morgan fingerprint density at radius 2 is 1.50 bits per heavy atom. The molecule has 1 heterocycles. The predicted molar refractivity (Wildman–Crippen MR) is 130 cm³/mol. The lowest BCUT2D eigenvalue weighted by atomic mass is 9.94. The Kier molecular flexibility index (Phi) is 6.60. The van der Waals surface area contributed by atoms with Gasteiger partial charge in [-0.25, -0.2) is 0 Å². The van der Waals surface area contributed by atoms with Crippen molar-refractivity contribution in [3.8, 4) is 17.2 Å². The summed E-state index contributed by atoms with van der Waals surface area (Å²) in [5.41, 5.74) is 0.595. The van der Waals surface area contributed by atoms with Gasteiger partial charge in [-0.05, 0) is 48.5 Å². The van der Waals surface area contributed by atoms with Crippen LogP contribution in [0.4, 0.5) is 11.4 Å². The standard InChI is InChI=1S/C26H22N2O8/c1-34-18-10-8-16(9-11-18)27-23(20-13-12-19(35-2)14-21(20)36-3)22(25(30)26(27)31)24(29)15-4-6-17(7-5-15)28(32)33/h4-14,23,29H,1-3H3/b24-22-. The first-order valence-electron chi connectivity index (χ1n) is 10.7. The maximum absolute atomic E-state index is 13.3. The Bertz CT molecular complexity index is 1360. The van der Waals surface area contributed by atoms with E-state index in [1.807, 2.05) is 0 Å². The molecule has 0 spiro atoms. The number of hydrogen-bond acceptors (Lipinski definition) is 8. The number of ether oxygens (including phenoxy) is 3. The van der Waals surface area contributed by atoms with Gasteiger partial charge in [0.05, 0.1) is 37.9 Å². The average Bonchev–Trinajstić information content (AvgIpc) is 3.17. The van der Waals surface area contributed by atoms with Crippen LogP contribution in [0.2, 0.25) is 0 Å². The van der Waals surface area contributed by atoms with E-state index in [0.29, 0.717) is 28.5 Å². The summed E-state index contributed by atoms with van der Waals surface area (Å²) < 4.78 is 16.0. The molecule has 0 radical (unpaired) electrons. The lowest BCUT2D eigenvalue weighted by Crippen LogP contribution is -2.29. The molecule has 184 valence electrons. The van der Waals surface area contributed by atoms with Crippen LogP contribution in [0.25, 0.3) is 5.76 Å². The number of ketones is 1. The lowest BCUT2D eigenvalue weighted by molar-refractivity contribution is -0.384. The molecule has 0 aliphatic carbocycles. The molecule has 4 rings (SSSR count). The van der Waals surface area contributed by atoms with Crippen molar-refractivity contribution in [2.75, 3.05) is 26.2 Å². The van der Waals surface area contributed by atoms with Crippen LogP contribution in [-0.2, 0) is 9.59 Å². The zero-order chi connectivity index (χ0) is 26.0. The highest BCUT2D eigenvalue weighted by molar-refractivity contribution is 6.51. The third kappa shape index (κ3) is 4.20. The molecule has 1 atom stereocenters. The summed E-state index contributed by atoms with van der Waals surface area (Å²) in [5, 5.41) is 22.2. The highest BCUT2D eigenvalue weighted by Crippen LogP contribution is 2.46. The fourth-order valence-corrected chi connectivity index (χ4v) is 4.08. The Hall–Kier alpha value is -4.86. The van der Waals surface area contributed by atoms with Crippen LogP contribution in [0.5, 0.6) is 17.2 Å². The summed E-state index contributed by atoms with van der Waals surface area (Å²) in [4.78, 5) is 38.3. The second-order valence-corrected chi connectivity index (χ2v) is 7.78. The van der Waals surface area contributed by atoms with Gasteiger partial charge in [0.25, 0.3) is 17.4 Å². The molecule has 1 aliphatic heterocycles. The average molecular weight is 490 g/mol. The topological polar surface area (TPSA) is 128 Å². The number of non-ortho nitro benzene ring substituents is 1. The Labute approximate surface area is 206 Å². The molecular formula is C26H22N2O8. The van der Waals surface area contributed by atoms with Gasteiger partial charge < -0.3 is 19.3 Å². The third-order valence-corrected chi connectivity index (χ3v) is 5.88. The van der Waals surface area contributed by atoms with Crippen LogP contribution in [0.1, 0.15) is 17.2 Å². The molecule has 1 saturated heterocycles. The monoisotopic (exact) mass is 490 g/mol. The molecule has 10 heteroatoms. The Balaban J connectivity index is 1.95. The van der Waals surface area contributed by atoms with Crippen LogP contribution in [0.3, 0.4) is 0 Å². The van der Waals surface area contributed by atoms with Gasteiger partial charge in [0, 0.05) is 35.0 Å². The smallest absolute Gasteiger partial charge is 0.300 e. The number of Topliss-reactive ketones (excluding diaryl/α,β-unsaturated/α-hetero) is 1. The summed E-state index contributed by atoms with van der Waals surface area (Å²) >= 11 is 0. The van der Waals surface area contributed by atoms with Gasteiger partial charge in [-0.15, -0.1) is 0 Å². The van der Waals surface area contributed by atoms with Gasteiger partial charge in [-0.2, -0.15) is 0 Å². The number of nitro benzene ring substituents is 1. The van der Waals surface area contributed by atoms with Crippen molar-refractivity contribution in [3.05, 3.63) is 93.5 Å². The fourth-order valence-electron chi connectivity index (χ4n) is 4.08. The van der Waals surface area contributed by atoms with Gasteiger partial charge in [0.2, 0.25) is 0 Å². The Morgan fingerprint density at radius 3 is 2.06 bits per heavy atom. The highest BCUT2D eigenvalue weighted by Gasteiger charge is 2.48. The van der Waals surface area contributed by atoms with Gasteiger partial charge in [0.1, 0.15) is 23.0 Å². The molecule has 1 N–H and O–H groups in total. The zero-order valence-electron chi connectivity index (χ0n) is 19.6. The van der Waals surface area contributed by atoms with E-state index in [9.17, 15) is 24.8 Å². The zero-order valence-corrected chi connectivity index (χ0v) is 19.6. The highest BCUT2D eigenvalue weighted by atomic mass is 16.6. The number of benzene rings is 3. The van der Waals surface area contributed by atoms with E-state index in [1.54, 1.807) is 42.5 Å². The van der Waals surface area contributed by atoms with Crippen LogP contribution in [-0.4, -0.2) is 43.0 Å². The minimum absolute atomic E-state index is 0.144. The number of carbonyl (C=O) groups excluding carboxylic acids is 2. The molecule has 0 aromatic heterocycles. The van der Waals surface area contributed by atoms with E-state index in [4.69, 9.17) is 14.2 Å². The number of aliphatic hydroxyl groups is 1. The fraction of sp³-hybridized carbons (Fsp3) is 0.154. The quantitative estimate of drug-likeness (QED) is 0.171. The summed E-state index contributed by atoms with van der Waals surface area (Å²) in [6, 6.07) is 15.4. The number of hydrogen-bond donors (Lipinski definition) is 1. The van der Waals surface area contributed by atoms with Crippen molar-refractivity contribution >= 4 is 28.8 Å². The number of aliphatic hydroxyl groups excluding tert-OH is 1. The molecule has 0 saturated carbocycles. The van der Waals surface area contributed by atoms with E-state index >= 15 is 0 Å². The number of nitro groups is 1. The molecule has 10 nitrogen and oxygen atoms in total. The molecule has 1 unspecified atom stereocenters. The lowest BCUT2D eigenvalue weighted by Gasteiger charge is -2.27. The van der Waals surface area contributed by atoms with E-state index in [2.05, 4.69) is 0 Å². The summed E-state index contributed by atoms with van der Waals surface area (Å²) in [6.07, 6.45) is 0. The number of anilines is 1. The van der Waals surface area contributed by atoms with E-state index in [0.717, 1.165) is 0 Å². The summed E-state index contributed by atoms with van der Waals surface area (Å²) in [6.45, 7) is 0. The van der Waals surface area contributed by atoms with Crippen LogP contribution in [0.15, 0.2) is 72.3 Å². The first-order chi connectivity index (χ1) is 17.3. The van der Waals surface area contributed by atoms with Gasteiger partial charge in [0.15, 0.2) is 0 Å². The molecule has 3 aromatic rings. The number of amides is 1. The molecule has 36 heavy (non-hydrogen) atoms. The molecule has 0 bridgehead atoms. The van der Waals surface area contributed by atoms with Crippen molar-refractivity contribution in [1.29, 1.82) is 0 Å². The maximum Gasteiger partial charge on any atom is 0.300 e. The van der Waals surface area contributed by atoms with E-state index < -0.39 is 28.4 Å². The van der Waals surface area contributed by atoms with Gasteiger partial charge >= 0.3 is 0 Å². The van der Waals surface area contributed by atoms with Crippen LogP contribution >= 0.6 is 0 Å². The maximum atomic E-state index is 13.3. The number of methoxy groups -OCH3 is 3. The molecule has 3 aromatic carbocycles. The van der Waals surface area contributed by atoms with Crippen molar-refractivity contribution in [1.82, 2.24) is 0 Å². The van der Waals surface area contributed by atoms with E-state index in [1.165, 1.54) is 50.5 Å². The molecular weight excluding hydrogens is 468 g/mol. The number of nitrogens with zero attached hydrogens (tertiary/aromatic N) is 2. The molecule has 1 fully saturated rings. The minimum Gasteiger partial charge on any atom is -0.507 e. The SMILES string of the molecule is COc1ccc(N2C(=O)C(=O)/C(=C(\O)c3ccc([N+](=O)[O-])cc3)C2c2ccc(OC)cc2OC)cc1. The normalized spacial score (nSPS) is 16.6. The number of carbonyl (C=O) groups is 2. The Morgan fingerprint density at radius 1 is 0.889 bits per heavy atom. The van der Waals surface area contributed by atoms with Crippen molar-refractivity contribution < 1.29 is 33.8 Å². The first kappa shape index (κ1) is 24.3. The second kappa shape index (κ2) is 9.79. The van der Waals surface area contributed by atoms with Crippen molar-refractivity contribution in [2.45, 2.75) is 6.04 Å². The van der Waals surface area contributed by atoms with Crippen LogP contribution in [0, 0.1) is 10.1 Å².